The Morgan fingerprint density at radius 1 is 1.16 bits per heavy atom. The van der Waals surface area contributed by atoms with Crippen molar-refractivity contribution in [3.8, 4) is 0 Å². The van der Waals surface area contributed by atoms with E-state index < -0.39 is 17.5 Å². The van der Waals surface area contributed by atoms with Gasteiger partial charge in [0.05, 0.1) is 15.2 Å². The molecule has 0 spiro atoms. The molecule has 2 N–H and O–H groups in total. The van der Waals surface area contributed by atoms with Gasteiger partial charge < -0.3 is 10.2 Å². The number of benzene rings is 2. The lowest BCUT2D eigenvalue weighted by atomic mass is 9.91. The van der Waals surface area contributed by atoms with Crippen molar-refractivity contribution in [2.75, 3.05) is 13.1 Å². The second kappa shape index (κ2) is 7.86. The van der Waals surface area contributed by atoms with Crippen LogP contribution < -0.4 is 10.6 Å². The van der Waals surface area contributed by atoms with Crippen molar-refractivity contribution in [2.45, 2.75) is 31.2 Å². The van der Waals surface area contributed by atoms with Crippen LogP contribution in [0, 0.1) is 0 Å². The molecule has 1 unspecified atom stereocenters. The van der Waals surface area contributed by atoms with Crippen LogP contribution in [0.5, 0.6) is 0 Å². The summed E-state index contributed by atoms with van der Waals surface area (Å²) in [7, 11) is 0. The maximum atomic E-state index is 13.0. The molecule has 7 nitrogen and oxygen atoms in total. The summed E-state index contributed by atoms with van der Waals surface area (Å²) in [6.45, 7) is 2.97. The van der Waals surface area contributed by atoms with Gasteiger partial charge in [0, 0.05) is 29.6 Å². The van der Waals surface area contributed by atoms with E-state index in [9.17, 15) is 14.4 Å². The zero-order valence-electron chi connectivity index (χ0n) is 17.4. The Balaban J connectivity index is 1.25. The molecule has 3 heterocycles. The smallest absolute Gasteiger partial charge is 0.322 e. The average Bonchev–Trinajstić information content (AvgIpc) is 3.33. The number of carbonyl (C=O) groups excluding carboxylic acids is 3. The third-order valence-corrected chi connectivity index (χ3v) is 7.69. The molecule has 0 bridgehead atoms. The van der Waals surface area contributed by atoms with Crippen LogP contribution in [0.15, 0.2) is 42.5 Å². The van der Waals surface area contributed by atoms with E-state index in [1.54, 1.807) is 42.5 Å². The molecule has 4 amide bonds. The van der Waals surface area contributed by atoms with Crippen LogP contribution in [0.1, 0.15) is 46.6 Å². The van der Waals surface area contributed by atoms with E-state index >= 15 is 0 Å². The standard InChI is InChI=1S/C23H21ClN4O3S/c1-23(21(30)26-22(31)27-23)15-4-2-14(3-5-15)20(29)28-10-8-13(9-11-28)19-25-17-12-16(24)6-7-18(17)32-19/h2-7,12-13H,8-11H2,1H3,(H2,26,27,30,31). The summed E-state index contributed by atoms with van der Waals surface area (Å²) in [5.74, 6) is -0.0982. The summed E-state index contributed by atoms with van der Waals surface area (Å²) in [6.07, 6.45) is 1.73. The van der Waals surface area contributed by atoms with Crippen molar-refractivity contribution in [3.05, 3.63) is 63.6 Å². The van der Waals surface area contributed by atoms with Crippen molar-refractivity contribution in [2.24, 2.45) is 0 Å². The van der Waals surface area contributed by atoms with Crippen LogP contribution in [0.2, 0.25) is 5.02 Å². The predicted molar refractivity (Wildman–Crippen MR) is 123 cm³/mol. The van der Waals surface area contributed by atoms with Gasteiger partial charge in [-0.15, -0.1) is 11.3 Å². The highest BCUT2D eigenvalue weighted by Gasteiger charge is 2.43. The van der Waals surface area contributed by atoms with Crippen LogP contribution in [-0.2, 0) is 10.3 Å². The summed E-state index contributed by atoms with van der Waals surface area (Å²) >= 11 is 7.77. The maximum Gasteiger partial charge on any atom is 0.322 e. The van der Waals surface area contributed by atoms with Crippen LogP contribution in [0.4, 0.5) is 4.79 Å². The van der Waals surface area contributed by atoms with E-state index in [1.807, 2.05) is 23.1 Å². The molecule has 2 aliphatic heterocycles. The van der Waals surface area contributed by atoms with E-state index in [2.05, 4.69) is 10.6 Å². The number of hydrogen-bond acceptors (Lipinski definition) is 5. The van der Waals surface area contributed by atoms with Gasteiger partial charge in [0.25, 0.3) is 11.8 Å². The number of piperidine rings is 1. The Morgan fingerprint density at radius 2 is 1.88 bits per heavy atom. The molecule has 1 aromatic heterocycles. The van der Waals surface area contributed by atoms with Crippen LogP contribution in [0.3, 0.4) is 0 Å². The normalized spacial score (nSPS) is 21.6. The largest absolute Gasteiger partial charge is 0.339 e. The number of urea groups is 1. The second-order valence-corrected chi connectivity index (χ2v) is 9.84. The fourth-order valence-electron chi connectivity index (χ4n) is 4.30. The fraction of sp³-hybridized carbons (Fsp3) is 0.304. The summed E-state index contributed by atoms with van der Waals surface area (Å²) in [4.78, 5) is 43.2. The third kappa shape index (κ3) is 3.63. The predicted octanol–water partition coefficient (Wildman–Crippen LogP) is 4.02. The van der Waals surface area contributed by atoms with Gasteiger partial charge in [-0.1, -0.05) is 23.7 Å². The highest BCUT2D eigenvalue weighted by atomic mass is 35.5. The minimum Gasteiger partial charge on any atom is -0.339 e. The van der Waals surface area contributed by atoms with Crippen molar-refractivity contribution >= 4 is 51.0 Å². The molecule has 2 saturated heterocycles. The number of amides is 4. The van der Waals surface area contributed by atoms with Gasteiger partial charge >= 0.3 is 6.03 Å². The quantitative estimate of drug-likeness (QED) is 0.568. The first-order valence-corrected chi connectivity index (χ1v) is 11.6. The molecular formula is C23H21ClN4O3S. The van der Waals surface area contributed by atoms with Crippen molar-refractivity contribution in [1.82, 2.24) is 20.5 Å². The molecule has 32 heavy (non-hydrogen) atoms. The zero-order valence-corrected chi connectivity index (χ0v) is 18.9. The molecule has 164 valence electrons. The van der Waals surface area contributed by atoms with Gasteiger partial charge in [-0.3, -0.25) is 14.9 Å². The van der Waals surface area contributed by atoms with Gasteiger partial charge in [0.2, 0.25) is 0 Å². The molecule has 1 atom stereocenters. The maximum absolute atomic E-state index is 13.0. The molecule has 0 radical (unpaired) electrons. The topological polar surface area (TPSA) is 91.4 Å². The minimum atomic E-state index is -1.13. The molecule has 2 aliphatic rings. The first-order valence-electron chi connectivity index (χ1n) is 10.4. The number of aromatic nitrogens is 1. The number of carbonyl (C=O) groups is 3. The van der Waals surface area contributed by atoms with Crippen molar-refractivity contribution < 1.29 is 14.4 Å². The number of likely N-dealkylation sites (tertiary alicyclic amines) is 1. The van der Waals surface area contributed by atoms with Crippen LogP contribution in [0.25, 0.3) is 10.2 Å². The number of nitrogens with zero attached hydrogens (tertiary/aromatic N) is 2. The van der Waals surface area contributed by atoms with Gasteiger partial charge in [-0.05, 0) is 55.7 Å². The number of hydrogen-bond donors (Lipinski definition) is 2. The van der Waals surface area contributed by atoms with E-state index in [1.165, 1.54) is 0 Å². The summed E-state index contributed by atoms with van der Waals surface area (Å²) in [5.41, 5.74) is 0.998. The van der Waals surface area contributed by atoms with Crippen LogP contribution >= 0.6 is 22.9 Å². The lowest BCUT2D eigenvalue weighted by Gasteiger charge is -2.31. The Morgan fingerprint density at radius 3 is 2.53 bits per heavy atom. The van der Waals surface area contributed by atoms with Crippen LogP contribution in [-0.4, -0.2) is 40.8 Å². The number of nitrogens with one attached hydrogen (secondary N) is 2. The average molecular weight is 469 g/mol. The van der Waals surface area contributed by atoms with Gasteiger partial charge in [-0.25, -0.2) is 9.78 Å². The number of thiazole rings is 1. The Bertz CT molecular complexity index is 1230. The first-order chi connectivity index (χ1) is 15.3. The van der Waals surface area contributed by atoms with Crippen molar-refractivity contribution in [3.63, 3.8) is 0 Å². The SMILES string of the molecule is CC1(c2ccc(C(=O)N3CCC(c4nc5cc(Cl)ccc5s4)CC3)cc2)NC(=O)NC1=O. The Labute approximate surface area is 193 Å². The number of fused-ring (bicyclic) bond motifs is 1. The number of rotatable bonds is 3. The summed E-state index contributed by atoms with van der Waals surface area (Å²) in [6, 6.07) is 12.1. The highest BCUT2D eigenvalue weighted by molar-refractivity contribution is 7.18. The number of halogens is 1. The molecule has 2 aromatic carbocycles. The van der Waals surface area contributed by atoms with Gasteiger partial charge in [0.15, 0.2) is 0 Å². The monoisotopic (exact) mass is 468 g/mol. The van der Waals surface area contributed by atoms with Gasteiger partial charge in [0.1, 0.15) is 5.54 Å². The second-order valence-electron chi connectivity index (χ2n) is 8.34. The summed E-state index contributed by atoms with van der Waals surface area (Å²) in [5, 5.41) is 6.67. The van der Waals surface area contributed by atoms with E-state index in [4.69, 9.17) is 16.6 Å². The minimum absolute atomic E-state index is 0.0313. The molecule has 2 fully saturated rings. The van der Waals surface area contributed by atoms with E-state index in [0.29, 0.717) is 35.2 Å². The van der Waals surface area contributed by atoms with Gasteiger partial charge in [-0.2, -0.15) is 0 Å². The Kier molecular flexibility index (Phi) is 5.14. The molecule has 0 aliphatic carbocycles. The lowest BCUT2D eigenvalue weighted by Crippen LogP contribution is -2.40. The fourth-order valence-corrected chi connectivity index (χ4v) is 5.58. The highest BCUT2D eigenvalue weighted by Crippen LogP contribution is 2.35. The van der Waals surface area contributed by atoms with E-state index in [-0.39, 0.29) is 5.91 Å². The Hall–Kier alpha value is -2.97. The molecular weight excluding hydrogens is 448 g/mol. The molecule has 3 aromatic rings. The number of imide groups is 1. The molecule has 5 rings (SSSR count). The zero-order chi connectivity index (χ0) is 22.5. The van der Waals surface area contributed by atoms with E-state index in [0.717, 1.165) is 28.1 Å². The molecule has 0 saturated carbocycles. The molecule has 9 heteroatoms. The first kappa shape index (κ1) is 20.9. The summed E-state index contributed by atoms with van der Waals surface area (Å²) < 4.78 is 1.13. The third-order valence-electron chi connectivity index (χ3n) is 6.25. The van der Waals surface area contributed by atoms with Crippen molar-refractivity contribution in [1.29, 1.82) is 0 Å². The lowest BCUT2D eigenvalue weighted by molar-refractivity contribution is -0.123.